The van der Waals surface area contributed by atoms with Gasteiger partial charge in [-0.25, -0.2) is 4.39 Å². The van der Waals surface area contributed by atoms with Gasteiger partial charge in [0.2, 0.25) is 0 Å². The third-order valence-electron chi connectivity index (χ3n) is 4.82. The van der Waals surface area contributed by atoms with Crippen LogP contribution in [0.1, 0.15) is 36.0 Å². The van der Waals surface area contributed by atoms with Gasteiger partial charge in [0.1, 0.15) is 5.82 Å². The molecule has 29 heavy (non-hydrogen) atoms. The Morgan fingerprint density at radius 3 is 2.34 bits per heavy atom. The van der Waals surface area contributed by atoms with Crippen LogP contribution in [0, 0.1) is 12.7 Å². The molecular weight excluding hydrogens is 363 g/mol. The molecule has 3 rings (SSSR count). The van der Waals surface area contributed by atoms with Crippen molar-refractivity contribution in [2.75, 3.05) is 39.1 Å². The van der Waals surface area contributed by atoms with E-state index < -0.39 is 0 Å². The van der Waals surface area contributed by atoms with Crippen molar-refractivity contribution in [3.05, 3.63) is 59.4 Å². The molecule has 0 amide bonds. The number of hydrazone groups is 1. The number of hydrogen-bond donors (Lipinski definition) is 1. The van der Waals surface area contributed by atoms with Gasteiger partial charge in [-0.1, -0.05) is 24.8 Å². The third-order valence-corrected chi connectivity index (χ3v) is 4.82. The van der Waals surface area contributed by atoms with E-state index in [1.54, 1.807) is 12.3 Å². The fraction of sp³-hybridized carbons (Fsp3) is 0.375. The van der Waals surface area contributed by atoms with Gasteiger partial charge in [0.05, 0.1) is 6.21 Å². The number of benzene rings is 2. The van der Waals surface area contributed by atoms with Crippen LogP contribution in [0.2, 0.25) is 0 Å². The highest BCUT2D eigenvalue weighted by Gasteiger charge is 2.18. The van der Waals surface area contributed by atoms with Crippen LogP contribution < -0.4 is 10.7 Å². The Bertz CT molecular complexity index is 829. The third kappa shape index (κ3) is 5.91. The van der Waals surface area contributed by atoms with Crippen LogP contribution >= 0.6 is 0 Å². The standard InChI is InChI=1S/C21H24FN3.C3H9N/c1-3-18-17(14-24-23)12-16(21-15(2)8-7-9-19(21)22)13-20(18)25-10-5-4-6-11-25;1-4(2)3/h3,7-9,12-14H,1,4-6,10-11,23H2,2H3;1-3H3/b24-14-;. The Morgan fingerprint density at radius 2 is 1.79 bits per heavy atom. The number of piperidine rings is 1. The topological polar surface area (TPSA) is 44.9 Å². The molecule has 5 heteroatoms. The van der Waals surface area contributed by atoms with Gasteiger partial charge >= 0.3 is 0 Å². The average Bonchev–Trinajstić information content (AvgIpc) is 2.68. The van der Waals surface area contributed by atoms with Crippen molar-refractivity contribution >= 4 is 18.0 Å². The van der Waals surface area contributed by atoms with E-state index in [4.69, 9.17) is 5.84 Å². The summed E-state index contributed by atoms with van der Waals surface area (Å²) in [5, 5.41) is 3.70. The van der Waals surface area contributed by atoms with E-state index in [2.05, 4.69) is 22.6 Å². The summed E-state index contributed by atoms with van der Waals surface area (Å²) in [7, 11) is 6.00. The maximum atomic E-state index is 14.5. The fourth-order valence-electron chi connectivity index (χ4n) is 3.61. The van der Waals surface area contributed by atoms with Gasteiger partial charge < -0.3 is 15.6 Å². The molecule has 2 aromatic carbocycles. The summed E-state index contributed by atoms with van der Waals surface area (Å²) >= 11 is 0. The van der Waals surface area contributed by atoms with E-state index in [9.17, 15) is 4.39 Å². The van der Waals surface area contributed by atoms with Gasteiger partial charge in [0.15, 0.2) is 0 Å². The van der Waals surface area contributed by atoms with Crippen LogP contribution in [-0.2, 0) is 0 Å². The second-order valence-electron chi connectivity index (χ2n) is 7.80. The highest BCUT2D eigenvalue weighted by Crippen LogP contribution is 2.35. The highest BCUT2D eigenvalue weighted by molar-refractivity contribution is 5.93. The van der Waals surface area contributed by atoms with Gasteiger partial charge in [0.25, 0.3) is 0 Å². The van der Waals surface area contributed by atoms with Crippen molar-refractivity contribution in [1.29, 1.82) is 0 Å². The second-order valence-corrected chi connectivity index (χ2v) is 7.80. The molecule has 0 bridgehead atoms. The number of nitrogens with zero attached hydrogens (tertiary/aromatic N) is 3. The fourth-order valence-corrected chi connectivity index (χ4v) is 3.61. The SMILES string of the molecule is C=Cc1c(/C=N\N)cc(-c2c(C)cccc2F)cc1N1CCCCC1.CN(C)C. The quantitative estimate of drug-likeness (QED) is 0.454. The summed E-state index contributed by atoms with van der Waals surface area (Å²) in [5.74, 6) is 5.19. The smallest absolute Gasteiger partial charge is 0.131 e. The molecule has 0 unspecified atom stereocenters. The van der Waals surface area contributed by atoms with Gasteiger partial charge in [-0.3, -0.25) is 0 Å². The van der Waals surface area contributed by atoms with Crippen molar-refractivity contribution in [2.24, 2.45) is 10.9 Å². The van der Waals surface area contributed by atoms with Crippen LogP contribution in [0.3, 0.4) is 0 Å². The minimum Gasteiger partial charge on any atom is -0.371 e. The van der Waals surface area contributed by atoms with Crippen molar-refractivity contribution < 1.29 is 4.39 Å². The molecule has 0 spiro atoms. The lowest BCUT2D eigenvalue weighted by molar-refractivity contribution is 0.505. The predicted molar refractivity (Wildman–Crippen MR) is 124 cm³/mol. The number of halogens is 1. The summed E-state index contributed by atoms with van der Waals surface area (Å²) in [6.07, 6.45) is 7.03. The van der Waals surface area contributed by atoms with Gasteiger partial charge in [-0.2, -0.15) is 5.10 Å². The van der Waals surface area contributed by atoms with Crippen molar-refractivity contribution in [3.63, 3.8) is 0 Å². The number of aryl methyl sites for hydroxylation is 1. The number of rotatable bonds is 4. The normalized spacial score (nSPS) is 14.1. The first-order chi connectivity index (χ1) is 13.9. The van der Waals surface area contributed by atoms with Crippen LogP contribution in [-0.4, -0.2) is 45.3 Å². The number of nitrogens with two attached hydrogens (primary N) is 1. The molecule has 1 heterocycles. The second kappa shape index (κ2) is 10.8. The Morgan fingerprint density at radius 1 is 1.14 bits per heavy atom. The van der Waals surface area contributed by atoms with Crippen LogP contribution in [0.15, 0.2) is 42.0 Å². The molecule has 0 aliphatic carbocycles. The molecule has 2 N–H and O–H groups in total. The van der Waals surface area contributed by atoms with Crippen LogP contribution in [0.25, 0.3) is 17.2 Å². The lowest BCUT2D eigenvalue weighted by Crippen LogP contribution is -2.30. The summed E-state index contributed by atoms with van der Waals surface area (Å²) < 4.78 is 14.5. The van der Waals surface area contributed by atoms with Crippen molar-refractivity contribution in [1.82, 2.24) is 4.90 Å². The molecule has 0 saturated carbocycles. The summed E-state index contributed by atoms with van der Waals surface area (Å²) in [6, 6.07) is 9.17. The van der Waals surface area contributed by atoms with Crippen molar-refractivity contribution in [3.8, 4) is 11.1 Å². The largest absolute Gasteiger partial charge is 0.371 e. The Kier molecular flexibility index (Phi) is 8.40. The summed E-state index contributed by atoms with van der Waals surface area (Å²) in [4.78, 5) is 4.36. The summed E-state index contributed by atoms with van der Waals surface area (Å²) in [5.41, 5.74) is 5.31. The molecule has 0 aromatic heterocycles. The first kappa shape index (κ1) is 22.6. The monoisotopic (exact) mass is 396 g/mol. The van der Waals surface area contributed by atoms with Gasteiger partial charge in [-0.05, 0) is 76.7 Å². The van der Waals surface area contributed by atoms with Crippen molar-refractivity contribution in [2.45, 2.75) is 26.2 Å². The molecule has 1 fully saturated rings. The molecule has 2 aromatic rings. The molecule has 1 saturated heterocycles. The Balaban J connectivity index is 0.000000687. The minimum atomic E-state index is -0.216. The maximum absolute atomic E-state index is 14.5. The van der Waals surface area contributed by atoms with E-state index in [0.717, 1.165) is 41.0 Å². The van der Waals surface area contributed by atoms with E-state index in [1.165, 1.54) is 25.3 Å². The maximum Gasteiger partial charge on any atom is 0.131 e. The zero-order chi connectivity index (χ0) is 21.4. The van der Waals surface area contributed by atoms with E-state index in [1.807, 2.05) is 51.2 Å². The van der Waals surface area contributed by atoms with Gasteiger partial charge in [0, 0.05) is 35.5 Å². The van der Waals surface area contributed by atoms with E-state index in [-0.39, 0.29) is 5.82 Å². The lowest BCUT2D eigenvalue weighted by Gasteiger charge is -2.31. The molecule has 1 aliphatic heterocycles. The Hall–Kier alpha value is -2.66. The first-order valence-corrected chi connectivity index (χ1v) is 10.0. The highest BCUT2D eigenvalue weighted by atomic mass is 19.1. The van der Waals surface area contributed by atoms with Crippen LogP contribution in [0.5, 0.6) is 0 Å². The zero-order valence-corrected chi connectivity index (χ0v) is 18.1. The Labute approximate surface area is 174 Å². The lowest BCUT2D eigenvalue weighted by atomic mass is 9.93. The molecule has 4 nitrogen and oxygen atoms in total. The van der Waals surface area contributed by atoms with Gasteiger partial charge in [-0.15, -0.1) is 0 Å². The number of anilines is 1. The molecule has 156 valence electrons. The molecule has 0 atom stereocenters. The van der Waals surface area contributed by atoms with Crippen LogP contribution in [0.4, 0.5) is 10.1 Å². The molecular formula is C24H33FN4. The van der Waals surface area contributed by atoms with E-state index in [0.29, 0.717) is 5.56 Å². The number of hydrogen-bond acceptors (Lipinski definition) is 4. The average molecular weight is 397 g/mol. The zero-order valence-electron chi connectivity index (χ0n) is 18.1. The molecule has 0 radical (unpaired) electrons. The predicted octanol–water partition coefficient (Wildman–Crippen LogP) is 4.90. The molecule has 1 aliphatic rings. The van der Waals surface area contributed by atoms with E-state index >= 15 is 0 Å². The first-order valence-electron chi connectivity index (χ1n) is 10.0. The summed E-state index contributed by atoms with van der Waals surface area (Å²) in [6.45, 7) is 7.89. The minimum absolute atomic E-state index is 0.216.